The van der Waals surface area contributed by atoms with E-state index in [1.54, 1.807) is 78.9 Å². The van der Waals surface area contributed by atoms with Crippen LogP contribution in [0.4, 0.5) is 15.8 Å². The molecule has 0 heterocycles. The van der Waals surface area contributed by atoms with Crippen LogP contribution in [-0.4, -0.2) is 17.7 Å². The van der Waals surface area contributed by atoms with Crippen molar-refractivity contribution in [3.63, 3.8) is 0 Å². The van der Waals surface area contributed by atoms with Crippen molar-refractivity contribution in [1.29, 1.82) is 0 Å². The fourth-order valence-corrected chi connectivity index (χ4v) is 5.65. The van der Waals surface area contributed by atoms with Crippen molar-refractivity contribution in [2.24, 2.45) is 0 Å². The van der Waals surface area contributed by atoms with Crippen LogP contribution in [0, 0.1) is 5.82 Å². The summed E-state index contributed by atoms with van der Waals surface area (Å²) in [6, 6.07) is 35.4. The molecule has 46 heavy (non-hydrogen) atoms. The van der Waals surface area contributed by atoms with Gasteiger partial charge in [0.2, 0.25) is 5.91 Å². The Balaban J connectivity index is 1.33. The van der Waals surface area contributed by atoms with Crippen molar-refractivity contribution < 1.29 is 18.8 Å². The molecule has 10 heteroatoms. The summed E-state index contributed by atoms with van der Waals surface area (Å²) in [6.45, 7) is 0. The van der Waals surface area contributed by atoms with Crippen LogP contribution in [0.3, 0.4) is 0 Å². The van der Waals surface area contributed by atoms with Crippen LogP contribution in [0.25, 0.3) is 6.08 Å². The van der Waals surface area contributed by atoms with Crippen LogP contribution in [0.1, 0.15) is 26.7 Å². The van der Waals surface area contributed by atoms with Crippen LogP contribution < -0.4 is 16.0 Å². The first-order valence-corrected chi connectivity index (χ1v) is 15.6. The number of carbonyl (C=O) groups excluding carboxylic acids is 3. The van der Waals surface area contributed by atoms with Crippen LogP contribution in [0.2, 0.25) is 10.0 Å². The van der Waals surface area contributed by atoms with Crippen LogP contribution in [0.5, 0.6) is 0 Å². The first kappa shape index (κ1) is 32.5. The quantitative estimate of drug-likeness (QED) is 0.102. The molecule has 0 spiro atoms. The number of anilines is 2. The third-order valence-electron chi connectivity index (χ3n) is 6.63. The number of benzene rings is 5. The van der Waals surface area contributed by atoms with E-state index in [4.69, 9.17) is 23.2 Å². The van der Waals surface area contributed by atoms with Gasteiger partial charge in [-0.2, -0.15) is 0 Å². The van der Waals surface area contributed by atoms with E-state index >= 15 is 0 Å². The Morgan fingerprint density at radius 2 is 1.33 bits per heavy atom. The molecule has 1 atom stereocenters. The Hall–Kier alpha value is -4.89. The molecule has 0 aliphatic heterocycles. The highest BCUT2D eigenvalue weighted by Crippen LogP contribution is 2.37. The van der Waals surface area contributed by atoms with Gasteiger partial charge in [-0.25, -0.2) is 4.39 Å². The van der Waals surface area contributed by atoms with Crippen molar-refractivity contribution in [2.75, 3.05) is 10.6 Å². The predicted molar refractivity (Wildman–Crippen MR) is 183 cm³/mol. The fraction of sp³-hybridized carbons (Fsp3) is 0.0278. The average Bonchev–Trinajstić information content (AvgIpc) is 3.07. The molecule has 0 aliphatic carbocycles. The van der Waals surface area contributed by atoms with Crippen molar-refractivity contribution in [2.45, 2.75) is 10.1 Å². The minimum absolute atomic E-state index is 0.138. The predicted octanol–water partition coefficient (Wildman–Crippen LogP) is 9.01. The molecule has 5 aromatic carbocycles. The monoisotopic (exact) mass is 669 g/mol. The zero-order valence-electron chi connectivity index (χ0n) is 24.0. The second kappa shape index (κ2) is 15.4. The number of thioether (sulfide) groups is 1. The number of carbonyl (C=O) groups is 3. The lowest BCUT2D eigenvalue weighted by atomic mass is 10.1. The minimum Gasteiger partial charge on any atom is -0.325 e. The molecule has 0 fully saturated rings. The summed E-state index contributed by atoms with van der Waals surface area (Å²) in [5, 5.41) is 8.36. The number of halogens is 3. The maximum atomic E-state index is 14.5. The van der Waals surface area contributed by atoms with Crippen molar-refractivity contribution >= 4 is 70.1 Å². The highest BCUT2D eigenvalue weighted by molar-refractivity contribution is 8.00. The molecule has 3 N–H and O–H groups in total. The Bertz CT molecular complexity index is 1890. The lowest BCUT2D eigenvalue weighted by molar-refractivity contribution is -0.116. The molecule has 0 aliphatic rings. The second-order valence-electron chi connectivity index (χ2n) is 9.90. The summed E-state index contributed by atoms with van der Waals surface area (Å²) in [6.07, 6.45) is 1.28. The molecule has 0 aromatic heterocycles. The van der Waals surface area contributed by atoms with Gasteiger partial charge in [0, 0.05) is 27.4 Å². The van der Waals surface area contributed by atoms with Gasteiger partial charge in [0.05, 0.1) is 10.0 Å². The fourth-order valence-electron chi connectivity index (χ4n) is 4.32. The molecule has 230 valence electrons. The zero-order chi connectivity index (χ0) is 32.5. The van der Waals surface area contributed by atoms with Crippen molar-refractivity contribution in [3.05, 3.63) is 166 Å². The molecule has 0 saturated heterocycles. The third kappa shape index (κ3) is 8.63. The number of rotatable bonds is 10. The summed E-state index contributed by atoms with van der Waals surface area (Å²) in [7, 11) is 0. The highest BCUT2D eigenvalue weighted by atomic mass is 35.5. The van der Waals surface area contributed by atoms with E-state index < -0.39 is 22.9 Å². The molecule has 6 nitrogen and oxygen atoms in total. The summed E-state index contributed by atoms with van der Waals surface area (Å²) in [5.41, 5.74) is 2.07. The van der Waals surface area contributed by atoms with Gasteiger partial charge in [-0.3, -0.25) is 14.4 Å². The standard InChI is InChI=1S/C36H26Cl2FN3O3S/c37-29-20-17-27(22-30(29)38)41-36(45)33(23-9-3-1-4-10-23)46-28-18-15-26(16-19-28)40-35(44)32(21-25-13-7-8-14-31(25)39)42-34(43)24-11-5-2-6-12-24/h1-22,33H,(H,40,44)(H,41,45)(H,42,43)/b32-21-. The van der Waals surface area contributed by atoms with E-state index in [1.807, 2.05) is 30.3 Å². The van der Waals surface area contributed by atoms with Crippen LogP contribution in [-0.2, 0) is 9.59 Å². The van der Waals surface area contributed by atoms with Gasteiger partial charge in [-0.05, 0) is 72.3 Å². The number of nitrogens with one attached hydrogen (secondary N) is 3. The lowest BCUT2D eigenvalue weighted by Gasteiger charge is -2.18. The Kier molecular flexibility index (Phi) is 10.9. The molecule has 0 radical (unpaired) electrons. The van der Waals surface area contributed by atoms with Gasteiger partial charge in [0.15, 0.2) is 0 Å². The second-order valence-corrected chi connectivity index (χ2v) is 11.9. The van der Waals surface area contributed by atoms with E-state index in [-0.39, 0.29) is 17.2 Å². The van der Waals surface area contributed by atoms with Gasteiger partial charge < -0.3 is 16.0 Å². The molecule has 3 amide bonds. The van der Waals surface area contributed by atoms with E-state index in [0.29, 0.717) is 27.0 Å². The van der Waals surface area contributed by atoms with Crippen LogP contribution in [0.15, 0.2) is 138 Å². The molecule has 0 bridgehead atoms. The lowest BCUT2D eigenvalue weighted by Crippen LogP contribution is -2.30. The summed E-state index contributed by atoms with van der Waals surface area (Å²) in [4.78, 5) is 40.4. The van der Waals surface area contributed by atoms with E-state index in [0.717, 1.165) is 10.5 Å². The minimum atomic E-state index is -0.642. The Morgan fingerprint density at radius 3 is 2.00 bits per heavy atom. The Morgan fingerprint density at radius 1 is 0.696 bits per heavy atom. The number of hydrogen-bond acceptors (Lipinski definition) is 4. The molecule has 1 unspecified atom stereocenters. The number of hydrogen-bond donors (Lipinski definition) is 3. The van der Waals surface area contributed by atoms with Gasteiger partial charge in [0.1, 0.15) is 16.8 Å². The van der Waals surface area contributed by atoms with Crippen molar-refractivity contribution in [3.8, 4) is 0 Å². The zero-order valence-corrected chi connectivity index (χ0v) is 26.4. The third-order valence-corrected chi connectivity index (χ3v) is 8.63. The van der Waals surface area contributed by atoms with E-state index in [9.17, 15) is 18.8 Å². The highest BCUT2D eigenvalue weighted by Gasteiger charge is 2.23. The average molecular weight is 671 g/mol. The molecule has 0 saturated carbocycles. The largest absolute Gasteiger partial charge is 0.325 e. The number of amides is 3. The molecular weight excluding hydrogens is 644 g/mol. The van der Waals surface area contributed by atoms with Gasteiger partial charge in [-0.1, -0.05) is 89.9 Å². The smallest absolute Gasteiger partial charge is 0.272 e. The molecular formula is C36H26Cl2FN3O3S. The molecule has 5 rings (SSSR count). The van der Waals surface area contributed by atoms with Crippen LogP contribution >= 0.6 is 35.0 Å². The first-order valence-electron chi connectivity index (χ1n) is 14.0. The van der Waals surface area contributed by atoms with E-state index in [2.05, 4.69) is 16.0 Å². The topological polar surface area (TPSA) is 87.3 Å². The van der Waals surface area contributed by atoms with Gasteiger partial charge in [-0.15, -0.1) is 11.8 Å². The molecule has 5 aromatic rings. The summed E-state index contributed by atoms with van der Waals surface area (Å²) in [5.74, 6) is -1.96. The maximum Gasteiger partial charge on any atom is 0.272 e. The summed E-state index contributed by atoms with van der Waals surface area (Å²) < 4.78 is 14.5. The normalized spacial score (nSPS) is 11.8. The van der Waals surface area contributed by atoms with E-state index in [1.165, 1.54) is 36.0 Å². The maximum absolute atomic E-state index is 14.5. The Labute approximate surface area is 279 Å². The van der Waals surface area contributed by atoms with Gasteiger partial charge >= 0.3 is 0 Å². The first-order chi connectivity index (χ1) is 22.3. The summed E-state index contributed by atoms with van der Waals surface area (Å²) >= 11 is 13.5. The SMILES string of the molecule is O=C(Nc1ccc(SC(C(=O)Nc2ccc(Cl)c(Cl)c2)c2ccccc2)cc1)/C(=C/c1ccccc1F)NC(=O)c1ccccc1. The van der Waals surface area contributed by atoms with Gasteiger partial charge in [0.25, 0.3) is 11.8 Å². The van der Waals surface area contributed by atoms with Crippen molar-refractivity contribution in [1.82, 2.24) is 5.32 Å².